The Morgan fingerprint density at radius 1 is 1.00 bits per heavy atom. The first-order valence-corrected chi connectivity index (χ1v) is 12.6. The Labute approximate surface area is 238 Å². The molecule has 40 heavy (non-hydrogen) atoms. The lowest BCUT2D eigenvalue weighted by molar-refractivity contribution is -0.384. The molecule has 0 amide bonds. The third-order valence-electron chi connectivity index (χ3n) is 5.91. The van der Waals surface area contributed by atoms with E-state index < -0.39 is 4.92 Å². The summed E-state index contributed by atoms with van der Waals surface area (Å²) in [6.45, 7) is 0.902. The summed E-state index contributed by atoms with van der Waals surface area (Å²) >= 11 is 13.1. The number of nitro groups is 1. The number of hydrogen-bond acceptors (Lipinski definition) is 11. The molecule has 0 bridgehead atoms. The maximum Gasteiger partial charge on any atom is 0.296 e. The smallest absolute Gasteiger partial charge is 0.296 e. The van der Waals surface area contributed by atoms with E-state index in [0.29, 0.717) is 59.0 Å². The van der Waals surface area contributed by atoms with Gasteiger partial charge in [-0.25, -0.2) is 15.0 Å². The van der Waals surface area contributed by atoms with Crippen molar-refractivity contribution in [3.63, 3.8) is 0 Å². The third-order valence-corrected chi connectivity index (χ3v) is 6.66. The second-order valence-corrected chi connectivity index (χ2v) is 9.19. The van der Waals surface area contributed by atoms with Crippen molar-refractivity contribution in [3.8, 4) is 28.5 Å². The Balaban J connectivity index is 1.45. The molecule has 4 aromatic rings. The molecule has 206 valence electrons. The van der Waals surface area contributed by atoms with Crippen LogP contribution in [-0.4, -0.2) is 53.4 Å². The molecule has 0 aliphatic carbocycles. The highest BCUT2D eigenvalue weighted by atomic mass is 35.5. The summed E-state index contributed by atoms with van der Waals surface area (Å²) in [5.41, 5.74) is 1.46. The molecule has 2 aromatic heterocycles. The van der Waals surface area contributed by atoms with Crippen molar-refractivity contribution in [2.45, 2.75) is 6.10 Å². The van der Waals surface area contributed by atoms with E-state index in [1.54, 1.807) is 42.6 Å². The van der Waals surface area contributed by atoms with Crippen LogP contribution < -0.4 is 24.8 Å². The monoisotopic (exact) mass is 584 g/mol. The number of nitrogens with one attached hydrogen (secondary N) is 2. The number of rotatable bonds is 10. The first-order valence-electron chi connectivity index (χ1n) is 11.8. The van der Waals surface area contributed by atoms with Gasteiger partial charge in [-0.2, -0.15) is 0 Å². The summed E-state index contributed by atoms with van der Waals surface area (Å²) in [6.07, 6.45) is 2.81. The van der Waals surface area contributed by atoms with Crippen molar-refractivity contribution in [2.24, 2.45) is 0 Å². The molecule has 12 nitrogen and oxygen atoms in total. The van der Waals surface area contributed by atoms with Crippen LogP contribution in [-0.2, 0) is 4.74 Å². The van der Waals surface area contributed by atoms with Gasteiger partial charge in [-0.1, -0.05) is 23.2 Å². The molecule has 2 aromatic carbocycles. The molecule has 1 fully saturated rings. The van der Waals surface area contributed by atoms with Crippen molar-refractivity contribution in [2.75, 3.05) is 38.1 Å². The van der Waals surface area contributed by atoms with Crippen LogP contribution in [0.5, 0.6) is 17.2 Å². The first kappa shape index (κ1) is 27.2. The zero-order valence-electron chi connectivity index (χ0n) is 21.2. The average molecular weight is 585 g/mol. The summed E-state index contributed by atoms with van der Waals surface area (Å²) in [5.74, 6) is 1.80. The molecule has 3 heterocycles. The van der Waals surface area contributed by atoms with Gasteiger partial charge in [0.25, 0.3) is 5.69 Å². The van der Waals surface area contributed by atoms with Crippen LogP contribution >= 0.6 is 23.2 Å². The van der Waals surface area contributed by atoms with Gasteiger partial charge in [0.05, 0.1) is 49.8 Å². The summed E-state index contributed by atoms with van der Waals surface area (Å²) in [4.78, 5) is 24.3. The normalized spacial score (nSPS) is 12.8. The number of anilines is 4. The van der Waals surface area contributed by atoms with E-state index in [4.69, 9.17) is 42.1 Å². The molecule has 0 radical (unpaired) electrons. The number of nitro benzene ring substituents is 1. The lowest BCUT2D eigenvalue weighted by Crippen LogP contribution is -2.38. The fourth-order valence-corrected chi connectivity index (χ4v) is 4.45. The van der Waals surface area contributed by atoms with Gasteiger partial charge < -0.3 is 29.6 Å². The Hall–Kier alpha value is -4.39. The summed E-state index contributed by atoms with van der Waals surface area (Å²) < 4.78 is 21.5. The number of hydrogen-bond donors (Lipinski definition) is 2. The minimum absolute atomic E-state index is 0.118. The Morgan fingerprint density at radius 3 is 2.40 bits per heavy atom. The number of aromatic nitrogens is 3. The van der Waals surface area contributed by atoms with E-state index in [-0.39, 0.29) is 27.5 Å². The van der Waals surface area contributed by atoms with Gasteiger partial charge in [0, 0.05) is 23.9 Å². The van der Waals surface area contributed by atoms with Gasteiger partial charge in [-0.05, 0) is 24.3 Å². The van der Waals surface area contributed by atoms with E-state index in [1.165, 1.54) is 26.6 Å². The molecular formula is C26H22Cl2N6O6. The van der Waals surface area contributed by atoms with Crippen molar-refractivity contribution in [1.29, 1.82) is 0 Å². The van der Waals surface area contributed by atoms with Crippen LogP contribution in [0, 0.1) is 10.1 Å². The molecule has 5 rings (SSSR count). The lowest BCUT2D eigenvalue weighted by atomic mass is 10.1. The highest BCUT2D eigenvalue weighted by Gasteiger charge is 2.23. The maximum absolute atomic E-state index is 11.8. The summed E-state index contributed by atoms with van der Waals surface area (Å²) in [5, 5.41) is 18.4. The van der Waals surface area contributed by atoms with Crippen LogP contribution in [0.25, 0.3) is 11.3 Å². The van der Waals surface area contributed by atoms with Gasteiger partial charge in [0.2, 0.25) is 0 Å². The van der Waals surface area contributed by atoms with Crippen molar-refractivity contribution in [3.05, 3.63) is 75.1 Å². The standard InChI is InChI=1S/C26H22Cl2N6O6/c1-37-20-10-21(38-2)24(28)25(23(20)27)33-26-16(4-3-7-29-26)18-9-22(31-13-30-18)32-17-6-5-14(8-19(17)34(35)36)40-15-11-39-12-15/h3-10,13,15H,11-12H2,1-2H3,(H,29,33)(H,30,31,32). The number of nitrogens with zero attached hydrogens (tertiary/aromatic N) is 4. The number of ether oxygens (including phenoxy) is 4. The van der Waals surface area contributed by atoms with Gasteiger partial charge in [0.15, 0.2) is 0 Å². The van der Waals surface area contributed by atoms with Crippen LogP contribution in [0.1, 0.15) is 0 Å². The molecule has 0 saturated carbocycles. The molecule has 14 heteroatoms. The summed E-state index contributed by atoms with van der Waals surface area (Å²) in [6, 6.07) is 11.3. The predicted octanol–water partition coefficient (Wildman–Crippen LogP) is 6.04. The van der Waals surface area contributed by atoms with Crippen LogP contribution in [0.15, 0.2) is 55.0 Å². The third kappa shape index (κ3) is 5.64. The Bertz CT molecular complexity index is 1540. The quantitative estimate of drug-likeness (QED) is 0.166. The molecule has 1 aliphatic rings. The maximum atomic E-state index is 11.8. The van der Waals surface area contributed by atoms with Gasteiger partial charge in [0.1, 0.15) is 57.0 Å². The second-order valence-electron chi connectivity index (χ2n) is 8.44. The number of methoxy groups -OCH3 is 2. The van der Waals surface area contributed by atoms with E-state index in [0.717, 1.165) is 0 Å². The predicted molar refractivity (Wildman–Crippen MR) is 150 cm³/mol. The highest BCUT2D eigenvalue weighted by molar-refractivity contribution is 6.41. The van der Waals surface area contributed by atoms with Gasteiger partial charge >= 0.3 is 0 Å². The molecule has 2 N–H and O–H groups in total. The van der Waals surface area contributed by atoms with Crippen LogP contribution in [0.4, 0.5) is 28.7 Å². The number of benzene rings is 2. The summed E-state index contributed by atoms with van der Waals surface area (Å²) in [7, 11) is 2.96. The SMILES string of the molecule is COc1cc(OC)c(Cl)c(Nc2ncccc2-c2cc(Nc3ccc(OC4COC4)cc3[N+](=O)[O-])ncn2)c1Cl. The lowest BCUT2D eigenvalue weighted by Gasteiger charge is -2.26. The number of pyridine rings is 1. The molecule has 0 unspecified atom stereocenters. The van der Waals surface area contributed by atoms with Gasteiger partial charge in [-0.15, -0.1) is 0 Å². The van der Waals surface area contributed by atoms with Crippen molar-refractivity contribution in [1.82, 2.24) is 15.0 Å². The molecule has 1 saturated heterocycles. The van der Waals surface area contributed by atoms with Crippen LogP contribution in [0.3, 0.4) is 0 Å². The van der Waals surface area contributed by atoms with E-state index >= 15 is 0 Å². The van der Waals surface area contributed by atoms with E-state index in [9.17, 15) is 10.1 Å². The molecule has 0 atom stereocenters. The minimum atomic E-state index is -0.492. The topological polar surface area (TPSA) is 143 Å². The second kappa shape index (κ2) is 11.8. The minimum Gasteiger partial charge on any atom is -0.495 e. The van der Waals surface area contributed by atoms with E-state index in [2.05, 4.69) is 25.6 Å². The zero-order chi connectivity index (χ0) is 28.2. The molecule has 1 aliphatic heterocycles. The molecular weight excluding hydrogens is 563 g/mol. The highest BCUT2D eigenvalue weighted by Crippen LogP contribution is 2.46. The van der Waals surface area contributed by atoms with Crippen molar-refractivity contribution >= 4 is 51.9 Å². The Kier molecular flexibility index (Phi) is 8.01. The first-order chi connectivity index (χ1) is 19.4. The van der Waals surface area contributed by atoms with Crippen LogP contribution in [0.2, 0.25) is 10.0 Å². The Morgan fingerprint density at radius 2 is 1.75 bits per heavy atom. The van der Waals surface area contributed by atoms with Gasteiger partial charge in [-0.3, -0.25) is 10.1 Å². The fraction of sp³-hybridized carbons (Fsp3) is 0.192. The molecule has 0 spiro atoms. The number of halogens is 2. The largest absolute Gasteiger partial charge is 0.495 e. The van der Waals surface area contributed by atoms with Crippen molar-refractivity contribution < 1.29 is 23.9 Å². The fourth-order valence-electron chi connectivity index (χ4n) is 3.85. The zero-order valence-corrected chi connectivity index (χ0v) is 22.7. The van der Waals surface area contributed by atoms with E-state index in [1.807, 2.05) is 0 Å². The average Bonchev–Trinajstić information content (AvgIpc) is 2.94.